The first-order valence-corrected chi connectivity index (χ1v) is 7.30. The second-order valence-electron chi connectivity index (χ2n) is 5.17. The number of carbonyl (C=O) groups excluding carboxylic acids is 3. The molecule has 0 saturated heterocycles. The van der Waals surface area contributed by atoms with Crippen molar-refractivity contribution >= 4 is 17.5 Å². The van der Waals surface area contributed by atoms with Crippen LogP contribution >= 0.6 is 0 Å². The van der Waals surface area contributed by atoms with Crippen molar-refractivity contribution in [3.05, 3.63) is 59.7 Å². The van der Waals surface area contributed by atoms with Gasteiger partial charge in [-0.05, 0) is 25.1 Å². The van der Waals surface area contributed by atoms with Gasteiger partial charge in [-0.2, -0.15) is 0 Å². The Morgan fingerprint density at radius 3 is 2.42 bits per heavy atom. The molecule has 0 aliphatic carbocycles. The maximum Gasteiger partial charge on any atom is 0.380 e. The third-order valence-electron chi connectivity index (χ3n) is 3.53. The van der Waals surface area contributed by atoms with E-state index in [1.165, 1.54) is 19.1 Å². The van der Waals surface area contributed by atoms with Crippen LogP contribution < -0.4 is 9.47 Å². The quantitative estimate of drug-likeness (QED) is 0.477. The van der Waals surface area contributed by atoms with E-state index in [0.717, 1.165) is 0 Å². The van der Waals surface area contributed by atoms with Crippen molar-refractivity contribution in [3.63, 3.8) is 0 Å². The molecule has 3 rings (SSSR count). The highest BCUT2D eigenvalue weighted by molar-refractivity contribution is 6.41. The Kier molecular flexibility index (Phi) is 4.29. The van der Waals surface area contributed by atoms with Gasteiger partial charge in [-0.3, -0.25) is 9.59 Å². The molecule has 6 heteroatoms. The van der Waals surface area contributed by atoms with Gasteiger partial charge < -0.3 is 14.2 Å². The molecule has 0 N–H and O–H groups in total. The summed E-state index contributed by atoms with van der Waals surface area (Å²) in [4.78, 5) is 36.3. The smallest absolute Gasteiger partial charge is 0.380 e. The number of esters is 1. The summed E-state index contributed by atoms with van der Waals surface area (Å²) in [5.74, 6) is -1.41. The number of ketones is 2. The molecule has 0 spiro atoms. The van der Waals surface area contributed by atoms with Gasteiger partial charge in [0.25, 0.3) is 5.78 Å². The van der Waals surface area contributed by atoms with Crippen LogP contribution in [-0.4, -0.2) is 30.4 Å². The fourth-order valence-corrected chi connectivity index (χ4v) is 2.26. The van der Waals surface area contributed by atoms with Gasteiger partial charge in [0.1, 0.15) is 0 Å². The lowest BCUT2D eigenvalue weighted by atomic mass is 10.1. The lowest BCUT2D eigenvalue weighted by Crippen LogP contribution is -2.28. The van der Waals surface area contributed by atoms with Crippen LogP contribution in [0.2, 0.25) is 0 Å². The van der Waals surface area contributed by atoms with Crippen LogP contribution in [0.5, 0.6) is 11.5 Å². The molecule has 2 aromatic carbocycles. The molecule has 2 aromatic rings. The zero-order chi connectivity index (χ0) is 17.1. The largest absolute Gasteiger partial charge is 0.454 e. The second-order valence-corrected chi connectivity index (χ2v) is 5.17. The van der Waals surface area contributed by atoms with E-state index in [0.29, 0.717) is 17.1 Å². The van der Waals surface area contributed by atoms with E-state index < -0.39 is 17.9 Å². The highest BCUT2D eigenvalue weighted by atomic mass is 16.7. The second kappa shape index (κ2) is 6.54. The Bertz CT molecular complexity index is 796. The zero-order valence-electron chi connectivity index (χ0n) is 12.9. The van der Waals surface area contributed by atoms with Crippen LogP contribution in [-0.2, 0) is 9.53 Å². The molecule has 1 atom stereocenters. The molecule has 6 nitrogen and oxygen atoms in total. The van der Waals surface area contributed by atoms with Gasteiger partial charge in [-0.25, -0.2) is 4.79 Å². The van der Waals surface area contributed by atoms with Crippen LogP contribution in [0.3, 0.4) is 0 Å². The van der Waals surface area contributed by atoms with Crippen molar-refractivity contribution in [2.75, 3.05) is 6.79 Å². The molecule has 0 fully saturated rings. The number of hydrogen-bond donors (Lipinski definition) is 0. The first kappa shape index (κ1) is 15.7. The average Bonchev–Trinajstić information content (AvgIpc) is 3.08. The summed E-state index contributed by atoms with van der Waals surface area (Å²) in [6.45, 7) is 1.50. The molecule has 1 aliphatic rings. The van der Waals surface area contributed by atoms with Crippen LogP contribution in [0, 0.1) is 0 Å². The van der Waals surface area contributed by atoms with E-state index in [9.17, 15) is 14.4 Å². The molecule has 0 saturated carbocycles. The number of rotatable bonds is 5. The first-order chi connectivity index (χ1) is 11.6. The Labute approximate surface area is 137 Å². The van der Waals surface area contributed by atoms with Crippen LogP contribution in [0.1, 0.15) is 27.6 Å². The maximum absolute atomic E-state index is 12.2. The summed E-state index contributed by atoms with van der Waals surface area (Å²) in [5, 5.41) is 0. The Morgan fingerprint density at radius 1 is 0.958 bits per heavy atom. The first-order valence-electron chi connectivity index (χ1n) is 7.30. The molecule has 1 aliphatic heterocycles. The number of benzene rings is 2. The summed E-state index contributed by atoms with van der Waals surface area (Å²) >= 11 is 0. The zero-order valence-corrected chi connectivity index (χ0v) is 12.9. The normalized spacial score (nSPS) is 13.2. The topological polar surface area (TPSA) is 78.9 Å². The maximum atomic E-state index is 12.2. The van der Waals surface area contributed by atoms with E-state index >= 15 is 0 Å². The minimum absolute atomic E-state index is 0.0695. The van der Waals surface area contributed by atoms with E-state index in [-0.39, 0.29) is 18.1 Å². The van der Waals surface area contributed by atoms with Gasteiger partial charge in [0.15, 0.2) is 17.6 Å². The lowest BCUT2D eigenvalue weighted by Gasteiger charge is -2.11. The van der Waals surface area contributed by atoms with E-state index in [1.54, 1.807) is 36.4 Å². The molecule has 122 valence electrons. The highest BCUT2D eigenvalue weighted by Gasteiger charge is 2.26. The van der Waals surface area contributed by atoms with Gasteiger partial charge in [0.2, 0.25) is 12.6 Å². The molecule has 24 heavy (non-hydrogen) atoms. The van der Waals surface area contributed by atoms with E-state index in [4.69, 9.17) is 14.2 Å². The molecule has 0 bridgehead atoms. The Morgan fingerprint density at radius 2 is 1.67 bits per heavy atom. The van der Waals surface area contributed by atoms with E-state index in [1.807, 2.05) is 0 Å². The number of carbonyl (C=O) groups is 3. The molecule has 0 amide bonds. The third kappa shape index (κ3) is 3.12. The summed E-state index contributed by atoms with van der Waals surface area (Å²) in [6.07, 6.45) is -1.06. The molecule has 0 aromatic heterocycles. The van der Waals surface area contributed by atoms with Crippen molar-refractivity contribution < 1.29 is 28.6 Å². The number of hydrogen-bond acceptors (Lipinski definition) is 6. The van der Waals surface area contributed by atoms with Crippen LogP contribution in [0.25, 0.3) is 0 Å². The SMILES string of the molecule is CC(OC(=O)C(=O)c1ccc2c(c1)OCO2)C(=O)c1ccccc1. The molecular weight excluding hydrogens is 312 g/mol. The summed E-state index contributed by atoms with van der Waals surface area (Å²) in [5.41, 5.74) is 0.525. The predicted octanol–water partition coefficient (Wildman–Crippen LogP) is 2.41. The Hall–Kier alpha value is -3.15. The average molecular weight is 326 g/mol. The highest BCUT2D eigenvalue weighted by Crippen LogP contribution is 2.32. The van der Waals surface area contributed by atoms with Crippen molar-refractivity contribution in [1.29, 1.82) is 0 Å². The van der Waals surface area contributed by atoms with Gasteiger partial charge in [0.05, 0.1) is 0 Å². The monoisotopic (exact) mass is 326 g/mol. The summed E-state index contributed by atoms with van der Waals surface area (Å²) < 4.78 is 15.3. The van der Waals surface area contributed by atoms with Crippen molar-refractivity contribution in [1.82, 2.24) is 0 Å². The van der Waals surface area contributed by atoms with Crippen molar-refractivity contribution in [2.24, 2.45) is 0 Å². The Balaban J connectivity index is 1.68. The van der Waals surface area contributed by atoms with Crippen molar-refractivity contribution in [2.45, 2.75) is 13.0 Å². The summed E-state index contributed by atoms with van der Waals surface area (Å²) in [6, 6.07) is 12.8. The van der Waals surface area contributed by atoms with Gasteiger partial charge in [0, 0.05) is 11.1 Å². The molecule has 1 unspecified atom stereocenters. The summed E-state index contributed by atoms with van der Waals surface area (Å²) in [7, 11) is 0. The molecular formula is C18H14O6. The standard InChI is InChI=1S/C18H14O6/c1-11(16(19)12-5-3-2-4-6-12)24-18(21)17(20)13-7-8-14-15(9-13)23-10-22-14/h2-9,11H,10H2,1H3. The third-order valence-corrected chi connectivity index (χ3v) is 3.53. The molecule has 1 heterocycles. The van der Waals surface area contributed by atoms with Gasteiger partial charge in [-0.1, -0.05) is 30.3 Å². The van der Waals surface area contributed by atoms with Gasteiger partial charge in [-0.15, -0.1) is 0 Å². The minimum atomic E-state index is -1.09. The van der Waals surface area contributed by atoms with Crippen molar-refractivity contribution in [3.8, 4) is 11.5 Å². The van der Waals surface area contributed by atoms with Crippen LogP contribution in [0.4, 0.5) is 0 Å². The van der Waals surface area contributed by atoms with Gasteiger partial charge >= 0.3 is 5.97 Å². The lowest BCUT2D eigenvalue weighted by molar-refractivity contribution is -0.140. The number of ether oxygens (including phenoxy) is 3. The molecule has 0 radical (unpaired) electrons. The number of fused-ring (bicyclic) bond motifs is 1. The number of Topliss-reactive ketones (excluding diaryl/α,β-unsaturated/α-hetero) is 2. The minimum Gasteiger partial charge on any atom is -0.454 e. The fourth-order valence-electron chi connectivity index (χ4n) is 2.26. The fraction of sp³-hybridized carbons (Fsp3) is 0.167. The van der Waals surface area contributed by atoms with E-state index in [2.05, 4.69) is 0 Å². The van der Waals surface area contributed by atoms with Crippen LogP contribution in [0.15, 0.2) is 48.5 Å². The predicted molar refractivity (Wildman–Crippen MR) is 83.2 cm³/mol.